The van der Waals surface area contributed by atoms with E-state index in [0.717, 1.165) is 38.2 Å². The van der Waals surface area contributed by atoms with Crippen molar-refractivity contribution in [2.24, 2.45) is 0 Å². The number of Topliss-reactive ketones (excluding diaryl/α,β-unsaturated/α-hetero) is 1. The Hall–Kier alpha value is -1.30. The van der Waals surface area contributed by atoms with Crippen LogP contribution in [0.5, 0.6) is 0 Å². The zero-order valence-electron chi connectivity index (χ0n) is 18.7. The first-order valence-corrected chi connectivity index (χ1v) is 11.5. The van der Waals surface area contributed by atoms with Crippen LogP contribution in [0, 0.1) is 0 Å². The fourth-order valence-electron chi connectivity index (χ4n) is 2.24. The maximum Gasteiger partial charge on any atom is 0.372 e. The number of ketones is 1. The van der Waals surface area contributed by atoms with Crippen LogP contribution in [-0.2, 0) is 42.8 Å². The molecule has 0 saturated heterocycles. The van der Waals surface area contributed by atoms with E-state index in [9.17, 15) is 14.4 Å². The Balaban J connectivity index is 3.15. The lowest BCUT2D eigenvalue weighted by Gasteiger charge is -2.08. The van der Waals surface area contributed by atoms with Gasteiger partial charge in [0, 0.05) is 18.9 Å². The number of aliphatic carboxylic acids is 1. The van der Waals surface area contributed by atoms with Gasteiger partial charge in [-0.1, -0.05) is 12.8 Å². The molecule has 0 aromatic carbocycles. The highest BCUT2D eigenvalue weighted by Gasteiger charge is 2.14. The van der Waals surface area contributed by atoms with Crippen molar-refractivity contribution in [2.45, 2.75) is 38.5 Å². The number of hydrogen-bond donors (Lipinski definition) is 1. The molecule has 0 spiro atoms. The Morgan fingerprint density at radius 2 is 1.00 bits per heavy atom. The second kappa shape index (κ2) is 24.3. The molecule has 11 heteroatoms. The van der Waals surface area contributed by atoms with Crippen LogP contribution in [0.25, 0.3) is 0 Å². The molecule has 188 valence electrons. The second-order valence-corrected chi connectivity index (χ2v) is 6.99. The highest BCUT2D eigenvalue weighted by molar-refractivity contribution is 6.32. The van der Waals surface area contributed by atoms with E-state index >= 15 is 0 Å². The van der Waals surface area contributed by atoms with E-state index in [1.807, 2.05) is 0 Å². The molecule has 0 rings (SSSR count). The lowest BCUT2D eigenvalue weighted by Crippen LogP contribution is -2.17. The number of carbonyl (C=O) groups excluding carboxylic acids is 2. The molecule has 1 N–H and O–H groups in total. The Labute approximate surface area is 194 Å². The molecular formula is C21H37ClO10. The topological polar surface area (TPSA) is 127 Å². The normalized spacial score (nSPS) is 10.9. The van der Waals surface area contributed by atoms with Crippen molar-refractivity contribution in [3.05, 3.63) is 0 Å². The first kappa shape index (κ1) is 30.7. The summed E-state index contributed by atoms with van der Waals surface area (Å²) in [6.07, 6.45) is 3.78. The molecule has 0 heterocycles. The number of carboxylic acids is 1. The van der Waals surface area contributed by atoms with Gasteiger partial charge in [0.1, 0.15) is 6.61 Å². The minimum absolute atomic E-state index is 0.0306. The number of alkyl halides is 1. The van der Waals surface area contributed by atoms with Crippen LogP contribution in [-0.4, -0.2) is 101 Å². The van der Waals surface area contributed by atoms with Crippen LogP contribution in [0.4, 0.5) is 0 Å². The predicted molar refractivity (Wildman–Crippen MR) is 116 cm³/mol. The lowest BCUT2D eigenvalue weighted by atomic mass is 10.2. The van der Waals surface area contributed by atoms with E-state index in [-0.39, 0.29) is 26.1 Å². The summed E-state index contributed by atoms with van der Waals surface area (Å²) in [7, 11) is 0. The first-order chi connectivity index (χ1) is 15.6. The summed E-state index contributed by atoms with van der Waals surface area (Å²) in [5.74, 6) is -2.48. The summed E-state index contributed by atoms with van der Waals surface area (Å²) in [6, 6.07) is 0. The maximum absolute atomic E-state index is 11.3. The molecule has 0 bridgehead atoms. The molecule has 0 aliphatic carbocycles. The van der Waals surface area contributed by atoms with Crippen molar-refractivity contribution >= 4 is 29.3 Å². The SMILES string of the molecule is O=C(CCC(=O)C(=O)O)OCCOCCOCCOCCOCCOCCCCCCCl. The van der Waals surface area contributed by atoms with Gasteiger partial charge in [0.05, 0.1) is 65.9 Å². The van der Waals surface area contributed by atoms with Crippen molar-refractivity contribution in [3.63, 3.8) is 0 Å². The highest BCUT2D eigenvalue weighted by atomic mass is 35.5. The highest BCUT2D eigenvalue weighted by Crippen LogP contribution is 2.01. The molecule has 0 radical (unpaired) electrons. The maximum atomic E-state index is 11.3. The van der Waals surface area contributed by atoms with Crippen molar-refractivity contribution in [2.75, 3.05) is 78.6 Å². The van der Waals surface area contributed by atoms with E-state index in [1.165, 1.54) is 0 Å². The molecule has 0 unspecified atom stereocenters. The number of esters is 1. The van der Waals surface area contributed by atoms with E-state index in [4.69, 9.17) is 45.1 Å². The van der Waals surface area contributed by atoms with Gasteiger partial charge in [0.2, 0.25) is 5.78 Å². The van der Waals surface area contributed by atoms with Crippen molar-refractivity contribution in [1.29, 1.82) is 0 Å². The number of carbonyl (C=O) groups is 3. The predicted octanol–water partition coefficient (Wildman–Crippen LogP) is 1.85. The first-order valence-electron chi connectivity index (χ1n) is 10.9. The van der Waals surface area contributed by atoms with Gasteiger partial charge in [-0.15, -0.1) is 11.6 Å². The molecule has 0 aromatic rings. The standard InChI is InChI=1S/C21H37ClO10/c22-7-3-1-2-4-8-27-9-10-28-11-12-29-13-14-30-15-16-31-17-18-32-20(24)6-5-19(23)21(25)26/h1-18H2,(H,25,26). The summed E-state index contributed by atoms with van der Waals surface area (Å²) in [5.41, 5.74) is 0. The van der Waals surface area contributed by atoms with Crippen LogP contribution >= 0.6 is 11.6 Å². The van der Waals surface area contributed by atoms with Gasteiger partial charge in [-0.05, 0) is 12.8 Å². The molecular weight excluding hydrogens is 448 g/mol. The third kappa shape index (κ3) is 23.4. The van der Waals surface area contributed by atoms with Gasteiger partial charge < -0.3 is 33.5 Å². The van der Waals surface area contributed by atoms with E-state index in [0.29, 0.717) is 52.9 Å². The van der Waals surface area contributed by atoms with Gasteiger partial charge in [-0.3, -0.25) is 9.59 Å². The molecule has 0 saturated carbocycles. The van der Waals surface area contributed by atoms with Crippen LogP contribution < -0.4 is 0 Å². The molecule has 0 aliphatic rings. The van der Waals surface area contributed by atoms with Gasteiger partial charge in [0.25, 0.3) is 0 Å². The fraction of sp³-hybridized carbons (Fsp3) is 0.857. The molecule has 32 heavy (non-hydrogen) atoms. The molecule has 0 fully saturated rings. The third-order valence-electron chi connectivity index (χ3n) is 3.95. The number of ether oxygens (including phenoxy) is 6. The number of rotatable bonds is 25. The van der Waals surface area contributed by atoms with Gasteiger partial charge >= 0.3 is 11.9 Å². The molecule has 0 atom stereocenters. The van der Waals surface area contributed by atoms with Gasteiger partial charge in [-0.2, -0.15) is 0 Å². The zero-order valence-corrected chi connectivity index (χ0v) is 19.5. The minimum Gasteiger partial charge on any atom is -0.476 e. The van der Waals surface area contributed by atoms with Crippen molar-refractivity contribution in [3.8, 4) is 0 Å². The molecule has 0 aromatic heterocycles. The Morgan fingerprint density at radius 3 is 1.47 bits per heavy atom. The van der Waals surface area contributed by atoms with Crippen LogP contribution in [0.1, 0.15) is 38.5 Å². The third-order valence-corrected chi connectivity index (χ3v) is 4.21. The van der Waals surface area contributed by atoms with Gasteiger partial charge in [0.15, 0.2) is 0 Å². The summed E-state index contributed by atoms with van der Waals surface area (Å²) in [4.78, 5) is 32.4. The van der Waals surface area contributed by atoms with Crippen LogP contribution in [0.15, 0.2) is 0 Å². The summed E-state index contributed by atoms with van der Waals surface area (Å²) >= 11 is 5.62. The van der Waals surface area contributed by atoms with E-state index in [2.05, 4.69) is 0 Å². The monoisotopic (exact) mass is 484 g/mol. The number of halogens is 1. The van der Waals surface area contributed by atoms with Gasteiger partial charge in [-0.25, -0.2) is 4.79 Å². The Bertz CT molecular complexity index is 475. The minimum atomic E-state index is -1.55. The summed E-state index contributed by atoms with van der Waals surface area (Å²) in [5, 5.41) is 8.40. The quantitative estimate of drug-likeness (QED) is 0.0887. The van der Waals surface area contributed by atoms with Crippen molar-refractivity contribution in [1.82, 2.24) is 0 Å². The average Bonchev–Trinajstić information content (AvgIpc) is 2.78. The molecule has 0 amide bonds. The lowest BCUT2D eigenvalue weighted by molar-refractivity contribution is -0.151. The number of carboxylic acid groups (broad SMARTS) is 1. The van der Waals surface area contributed by atoms with Crippen LogP contribution in [0.2, 0.25) is 0 Å². The van der Waals surface area contributed by atoms with Crippen molar-refractivity contribution < 1.29 is 47.9 Å². The Kier molecular flexibility index (Phi) is 23.4. The summed E-state index contributed by atoms with van der Waals surface area (Å²) in [6.45, 7) is 4.71. The number of hydrogen-bond acceptors (Lipinski definition) is 9. The summed E-state index contributed by atoms with van der Waals surface area (Å²) < 4.78 is 31.6. The smallest absolute Gasteiger partial charge is 0.372 e. The largest absolute Gasteiger partial charge is 0.476 e. The molecule has 10 nitrogen and oxygen atoms in total. The van der Waals surface area contributed by atoms with Crippen LogP contribution in [0.3, 0.4) is 0 Å². The number of unbranched alkanes of at least 4 members (excludes halogenated alkanes) is 3. The molecule has 0 aliphatic heterocycles. The zero-order chi connectivity index (χ0) is 23.7. The van der Waals surface area contributed by atoms with E-state index in [1.54, 1.807) is 0 Å². The Morgan fingerprint density at radius 1 is 0.562 bits per heavy atom. The van der Waals surface area contributed by atoms with E-state index < -0.39 is 17.7 Å². The second-order valence-electron chi connectivity index (χ2n) is 6.61. The fourth-order valence-corrected chi connectivity index (χ4v) is 2.43. The average molecular weight is 485 g/mol.